The van der Waals surface area contributed by atoms with Crippen molar-refractivity contribution in [1.82, 2.24) is 20.2 Å². The van der Waals surface area contributed by atoms with Crippen molar-refractivity contribution in [3.8, 4) is 11.8 Å². The second-order valence-electron chi connectivity index (χ2n) is 7.21. The van der Waals surface area contributed by atoms with Gasteiger partial charge in [0.2, 0.25) is 5.82 Å². The van der Waals surface area contributed by atoms with Gasteiger partial charge in [-0.15, -0.1) is 0 Å². The van der Waals surface area contributed by atoms with Crippen LogP contribution in [0.4, 0.5) is 5.82 Å². The molecule has 5 nitrogen and oxygen atoms in total. The summed E-state index contributed by atoms with van der Waals surface area (Å²) in [5.41, 5.74) is 0. The van der Waals surface area contributed by atoms with E-state index in [1.165, 1.54) is 32.4 Å². The van der Waals surface area contributed by atoms with Gasteiger partial charge in [-0.1, -0.05) is 12.8 Å². The van der Waals surface area contributed by atoms with E-state index in [4.69, 9.17) is 0 Å². The molecule has 0 aromatic carbocycles. The van der Waals surface area contributed by atoms with Gasteiger partial charge in [0.05, 0.1) is 6.54 Å². The van der Waals surface area contributed by atoms with Crippen LogP contribution in [0.1, 0.15) is 32.0 Å². The first kappa shape index (κ1) is 14.9. The number of anilines is 1. The smallest absolute Gasteiger partial charge is 0.206 e. The molecule has 0 aliphatic carbocycles. The summed E-state index contributed by atoms with van der Waals surface area (Å²) in [6, 6.07) is 3.25. The van der Waals surface area contributed by atoms with Crippen LogP contribution in [0.5, 0.6) is 0 Å². The Hall–Kier alpha value is -1.64. The van der Waals surface area contributed by atoms with E-state index in [1.807, 2.05) is 12.3 Å². The largest absolute Gasteiger partial charge is 0.353 e. The summed E-state index contributed by atoms with van der Waals surface area (Å²) in [6.45, 7) is 7.56. The molecular formula is C18H25N5. The molecule has 3 saturated heterocycles. The second kappa shape index (κ2) is 6.46. The zero-order chi connectivity index (χ0) is 15.6. The minimum atomic E-state index is 0.621. The van der Waals surface area contributed by atoms with E-state index in [-0.39, 0.29) is 0 Å². The Morgan fingerprint density at radius 1 is 1.22 bits per heavy atom. The van der Waals surface area contributed by atoms with Crippen molar-refractivity contribution >= 4 is 5.82 Å². The highest BCUT2D eigenvalue weighted by Crippen LogP contribution is 2.23. The van der Waals surface area contributed by atoms with Crippen molar-refractivity contribution in [3.05, 3.63) is 18.1 Å². The molecule has 0 amide bonds. The number of piperazine rings is 1. The molecule has 3 fully saturated rings. The number of rotatable bonds is 2. The van der Waals surface area contributed by atoms with Crippen LogP contribution >= 0.6 is 0 Å². The van der Waals surface area contributed by atoms with E-state index >= 15 is 0 Å². The van der Waals surface area contributed by atoms with Gasteiger partial charge in [-0.05, 0) is 43.7 Å². The lowest BCUT2D eigenvalue weighted by atomic mass is 10.2. The molecule has 0 saturated carbocycles. The van der Waals surface area contributed by atoms with E-state index in [1.54, 1.807) is 0 Å². The number of aromatic nitrogens is 2. The second-order valence-corrected chi connectivity index (χ2v) is 7.21. The van der Waals surface area contributed by atoms with E-state index in [0.717, 1.165) is 31.4 Å². The molecule has 1 N–H and O–H groups in total. The standard InChI is InChI=1S/C18H25N5/c1-14-7-10-22(11-14)9-2-3-17-19-8-6-18(21-17)23-12-15-4-5-16(13-23)20-15/h6,8,14-16,20H,4-5,7,9-13H2,1H3. The molecule has 1 aromatic heterocycles. The van der Waals surface area contributed by atoms with Gasteiger partial charge in [0.15, 0.2) is 0 Å². The Bertz CT molecular complexity index is 607. The van der Waals surface area contributed by atoms with Gasteiger partial charge < -0.3 is 10.2 Å². The maximum atomic E-state index is 4.67. The Kier molecular flexibility index (Phi) is 4.19. The van der Waals surface area contributed by atoms with Crippen LogP contribution < -0.4 is 10.2 Å². The van der Waals surface area contributed by atoms with E-state index < -0.39 is 0 Å². The molecule has 0 radical (unpaired) electrons. The summed E-state index contributed by atoms with van der Waals surface area (Å²) in [4.78, 5) is 13.8. The van der Waals surface area contributed by atoms with Crippen LogP contribution in [0, 0.1) is 17.8 Å². The van der Waals surface area contributed by atoms with Gasteiger partial charge in [-0.25, -0.2) is 9.97 Å². The summed E-state index contributed by atoms with van der Waals surface area (Å²) in [7, 11) is 0. The topological polar surface area (TPSA) is 44.3 Å². The first-order chi connectivity index (χ1) is 11.3. The molecular weight excluding hydrogens is 286 g/mol. The first-order valence-corrected chi connectivity index (χ1v) is 8.81. The molecule has 23 heavy (non-hydrogen) atoms. The highest BCUT2D eigenvalue weighted by Gasteiger charge is 2.32. The molecule has 5 heteroatoms. The normalized spacial score (nSPS) is 30.3. The average molecular weight is 311 g/mol. The van der Waals surface area contributed by atoms with Crippen LogP contribution in [0.25, 0.3) is 0 Å². The number of nitrogens with zero attached hydrogens (tertiary/aromatic N) is 4. The Morgan fingerprint density at radius 2 is 2.04 bits per heavy atom. The number of likely N-dealkylation sites (tertiary alicyclic amines) is 1. The van der Waals surface area contributed by atoms with Crippen LogP contribution in [-0.4, -0.2) is 59.7 Å². The van der Waals surface area contributed by atoms with Gasteiger partial charge in [0.25, 0.3) is 0 Å². The molecule has 122 valence electrons. The van der Waals surface area contributed by atoms with Crippen LogP contribution in [0.15, 0.2) is 12.3 Å². The average Bonchev–Trinajstić information content (AvgIpc) is 3.13. The zero-order valence-corrected chi connectivity index (χ0v) is 13.8. The van der Waals surface area contributed by atoms with Gasteiger partial charge in [0, 0.05) is 37.9 Å². The number of nitrogens with one attached hydrogen (secondary N) is 1. The molecule has 2 bridgehead atoms. The molecule has 3 unspecified atom stereocenters. The van der Waals surface area contributed by atoms with Gasteiger partial charge in [-0.2, -0.15) is 0 Å². The van der Waals surface area contributed by atoms with Crippen molar-refractivity contribution in [2.24, 2.45) is 5.92 Å². The summed E-state index contributed by atoms with van der Waals surface area (Å²) in [5, 5.41) is 3.66. The predicted octanol–water partition coefficient (Wildman–Crippen LogP) is 1.11. The van der Waals surface area contributed by atoms with Crippen molar-refractivity contribution in [2.75, 3.05) is 37.6 Å². The van der Waals surface area contributed by atoms with Crippen LogP contribution in [-0.2, 0) is 0 Å². The van der Waals surface area contributed by atoms with Crippen LogP contribution in [0.2, 0.25) is 0 Å². The lowest BCUT2D eigenvalue weighted by Gasteiger charge is -2.33. The Morgan fingerprint density at radius 3 is 2.78 bits per heavy atom. The van der Waals surface area contributed by atoms with Crippen molar-refractivity contribution in [2.45, 2.75) is 38.3 Å². The zero-order valence-electron chi connectivity index (χ0n) is 13.8. The summed E-state index contributed by atoms with van der Waals surface area (Å²) < 4.78 is 0. The summed E-state index contributed by atoms with van der Waals surface area (Å²) >= 11 is 0. The highest BCUT2D eigenvalue weighted by atomic mass is 15.3. The fourth-order valence-electron chi connectivity index (χ4n) is 3.97. The van der Waals surface area contributed by atoms with E-state index in [2.05, 4.69) is 43.8 Å². The lowest BCUT2D eigenvalue weighted by molar-refractivity contribution is 0.369. The highest BCUT2D eigenvalue weighted by molar-refractivity contribution is 5.41. The maximum Gasteiger partial charge on any atom is 0.206 e. The number of hydrogen-bond donors (Lipinski definition) is 1. The third-order valence-electron chi connectivity index (χ3n) is 5.19. The molecule has 3 atom stereocenters. The van der Waals surface area contributed by atoms with Crippen LogP contribution in [0.3, 0.4) is 0 Å². The number of fused-ring (bicyclic) bond motifs is 2. The Labute approximate surface area is 138 Å². The van der Waals surface area contributed by atoms with Gasteiger partial charge in [-0.3, -0.25) is 4.90 Å². The minimum Gasteiger partial charge on any atom is -0.353 e. The third-order valence-corrected chi connectivity index (χ3v) is 5.19. The molecule has 4 rings (SSSR count). The first-order valence-electron chi connectivity index (χ1n) is 8.81. The van der Waals surface area contributed by atoms with Crippen molar-refractivity contribution in [3.63, 3.8) is 0 Å². The molecule has 0 spiro atoms. The predicted molar refractivity (Wildman–Crippen MR) is 91.3 cm³/mol. The van der Waals surface area contributed by atoms with E-state index in [0.29, 0.717) is 17.9 Å². The fourth-order valence-corrected chi connectivity index (χ4v) is 3.97. The number of hydrogen-bond acceptors (Lipinski definition) is 5. The van der Waals surface area contributed by atoms with E-state index in [9.17, 15) is 0 Å². The molecule has 3 aliphatic rings. The lowest BCUT2D eigenvalue weighted by Crippen LogP contribution is -2.51. The summed E-state index contributed by atoms with van der Waals surface area (Å²) in [6.07, 6.45) is 5.70. The monoisotopic (exact) mass is 311 g/mol. The third kappa shape index (κ3) is 3.49. The fraction of sp³-hybridized carbons (Fsp3) is 0.667. The maximum absolute atomic E-state index is 4.67. The van der Waals surface area contributed by atoms with Crippen molar-refractivity contribution in [1.29, 1.82) is 0 Å². The van der Waals surface area contributed by atoms with Crippen molar-refractivity contribution < 1.29 is 0 Å². The quantitative estimate of drug-likeness (QED) is 0.829. The van der Waals surface area contributed by atoms with Gasteiger partial charge >= 0.3 is 0 Å². The minimum absolute atomic E-state index is 0.621. The summed E-state index contributed by atoms with van der Waals surface area (Å²) in [5.74, 6) is 8.88. The molecule has 4 heterocycles. The van der Waals surface area contributed by atoms with Gasteiger partial charge in [0.1, 0.15) is 5.82 Å². The Balaban J connectivity index is 1.40. The SMILES string of the molecule is CC1CCN(CC#Cc2nccc(N3CC4CCC(C3)N4)n2)C1. The molecule has 1 aromatic rings. The molecule has 3 aliphatic heterocycles.